The van der Waals surface area contributed by atoms with Crippen LogP contribution in [0.3, 0.4) is 0 Å². The Labute approximate surface area is 131 Å². The number of hydrogen-bond acceptors (Lipinski definition) is 2. The summed E-state index contributed by atoms with van der Waals surface area (Å²) >= 11 is 11.0. The van der Waals surface area contributed by atoms with Crippen LogP contribution in [0.15, 0.2) is 36.4 Å². The molecule has 0 atom stereocenters. The first-order valence-corrected chi connectivity index (χ1v) is 6.79. The van der Waals surface area contributed by atoms with Crippen LogP contribution in [0.5, 0.6) is 0 Å². The van der Waals surface area contributed by atoms with Gasteiger partial charge < -0.3 is 5.32 Å². The van der Waals surface area contributed by atoms with E-state index < -0.39 is 11.6 Å². The van der Waals surface area contributed by atoms with Crippen molar-refractivity contribution in [3.8, 4) is 0 Å². The molecule has 0 aliphatic carbocycles. The molecule has 0 spiro atoms. The quantitative estimate of drug-likeness (QED) is 0.629. The molecule has 108 valence electrons. The molecule has 0 unspecified atom stereocenters. The Bertz CT molecular complexity index is 732. The maximum Gasteiger partial charge on any atom is 0.160 e. The van der Waals surface area contributed by atoms with Crippen molar-refractivity contribution < 1.29 is 8.78 Å². The molecule has 2 aromatic carbocycles. The van der Waals surface area contributed by atoms with E-state index in [0.717, 1.165) is 12.1 Å². The zero-order chi connectivity index (χ0) is 15.6. The van der Waals surface area contributed by atoms with E-state index >= 15 is 0 Å². The summed E-state index contributed by atoms with van der Waals surface area (Å²) in [6.07, 6.45) is 0. The maximum absolute atomic E-state index is 13.5. The minimum Gasteiger partial charge on any atom is -0.350 e. The van der Waals surface area contributed by atoms with Crippen molar-refractivity contribution >= 4 is 40.2 Å². The SMILES string of the molecule is CC(=S)Nc1cc(F)c(F)cc1C(=N)c1ccccc1Cl. The molecule has 0 aliphatic rings. The van der Waals surface area contributed by atoms with Crippen molar-refractivity contribution in [2.45, 2.75) is 6.92 Å². The molecule has 0 aromatic heterocycles. The highest BCUT2D eigenvalue weighted by molar-refractivity contribution is 7.80. The molecule has 0 saturated carbocycles. The molecule has 0 bridgehead atoms. The van der Waals surface area contributed by atoms with E-state index in [9.17, 15) is 8.78 Å². The van der Waals surface area contributed by atoms with E-state index in [4.69, 9.17) is 29.2 Å². The molecule has 0 radical (unpaired) electrons. The van der Waals surface area contributed by atoms with Crippen molar-refractivity contribution in [2.75, 3.05) is 5.32 Å². The van der Waals surface area contributed by atoms with Gasteiger partial charge in [0, 0.05) is 22.2 Å². The van der Waals surface area contributed by atoms with E-state index in [1.54, 1.807) is 31.2 Å². The zero-order valence-electron chi connectivity index (χ0n) is 11.0. The lowest BCUT2D eigenvalue weighted by Crippen LogP contribution is -2.12. The minimum absolute atomic E-state index is 0.0155. The second-order valence-corrected chi connectivity index (χ2v) is 5.37. The van der Waals surface area contributed by atoms with Gasteiger partial charge in [0.2, 0.25) is 0 Å². The topological polar surface area (TPSA) is 35.9 Å². The molecule has 21 heavy (non-hydrogen) atoms. The van der Waals surface area contributed by atoms with Gasteiger partial charge in [0.05, 0.1) is 16.4 Å². The highest BCUT2D eigenvalue weighted by Gasteiger charge is 2.16. The second kappa shape index (κ2) is 6.28. The van der Waals surface area contributed by atoms with E-state index in [-0.39, 0.29) is 17.0 Å². The summed E-state index contributed by atoms with van der Waals surface area (Å²) in [4.78, 5) is 0.384. The number of nitrogens with one attached hydrogen (secondary N) is 2. The third-order valence-electron chi connectivity index (χ3n) is 2.78. The summed E-state index contributed by atoms with van der Waals surface area (Å²) in [5, 5.41) is 11.3. The van der Waals surface area contributed by atoms with Gasteiger partial charge in [-0.05, 0) is 19.1 Å². The smallest absolute Gasteiger partial charge is 0.160 e. The summed E-state index contributed by atoms with van der Waals surface area (Å²) < 4.78 is 26.9. The second-order valence-electron chi connectivity index (χ2n) is 4.35. The molecule has 6 heteroatoms. The summed E-state index contributed by atoms with van der Waals surface area (Å²) in [5.74, 6) is -2.04. The first-order valence-electron chi connectivity index (χ1n) is 6.00. The molecule has 0 heterocycles. The van der Waals surface area contributed by atoms with Crippen LogP contribution in [0.2, 0.25) is 5.02 Å². The highest BCUT2D eigenvalue weighted by atomic mass is 35.5. The average Bonchev–Trinajstić information content (AvgIpc) is 2.42. The molecule has 0 amide bonds. The first kappa shape index (κ1) is 15.5. The van der Waals surface area contributed by atoms with Gasteiger partial charge in [0.1, 0.15) is 0 Å². The van der Waals surface area contributed by atoms with Gasteiger partial charge >= 0.3 is 0 Å². The van der Waals surface area contributed by atoms with Gasteiger partial charge in [-0.2, -0.15) is 0 Å². The van der Waals surface area contributed by atoms with Gasteiger partial charge in [0.15, 0.2) is 11.6 Å². The predicted octanol–water partition coefficient (Wildman–Crippen LogP) is 4.79. The van der Waals surface area contributed by atoms with Crippen LogP contribution in [0.25, 0.3) is 0 Å². The van der Waals surface area contributed by atoms with E-state index in [0.29, 0.717) is 15.6 Å². The van der Waals surface area contributed by atoms with E-state index in [1.165, 1.54) is 0 Å². The summed E-state index contributed by atoms with van der Waals surface area (Å²) in [7, 11) is 0. The Hall–Kier alpha value is -1.85. The number of thiocarbonyl (C=S) groups is 1. The Morgan fingerprint density at radius 3 is 2.38 bits per heavy atom. The Morgan fingerprint density at radius 2 is 1.76 bits per heavy atom. The highest BCUT2D eigenvalue weighted by Crippen LogP contribution is 2.26. The largest absolute Gasteiger partial charge is 0.350 e. The number of hydrogen-bond donors (Lipinski definition) is 2. The van der Waals surface area contributed by atoms with Gasteiger partial charge in [-0.1, -0.05) is 42.0 Å². The van der Waals surface area contributed by atoms with Crippen LogP contribution in [-0.4, -0.2) is 10.7 Å². The number of benzene rings is 2. The molecule has 2 rings (SSSR count). The maximum atomic E-state index is 13.5. The van der Waals surface area contributed by atoms with Crippen LogP contribution < -0.4 is 5.32 Å². The van der Waals surface area contributed by atoms with Crippen LogP contribution in [-0.2, 0) is 0 Å². The molecule has 2 N–H and O–H groups in total. The molecular formula is C15H11ClF2N2S. The fourth-order valence-electron chi connectivity index (χ4n) is 1.86. The van der Waals surface area contributed by atoms with Crippen LogP contribution in [0.1, 0.15) is 18.1 Å². The van der Waals surface area contributed by atoms with E-state index in [1.807, 2.05) is 0 Å². The van der Waals surface area contributed by atoms with Gasteiger partial charge in [0.25, 0.3) is 0 Å². The van der Waals surface area contributed by atoms with Crippen LogP contribution in [0, 0.1) is 17.0 Å². The van der Waals surface area contributed by atoms with Crippen molar-refractivity contribution in [1.82, 2.24) is 0 Å². The fourth-order valence-corrected chi connectivity index (χ4v) is 2.20. The third kappa shape index (κ3) is 3.43. The van der Waals surface area contributed by atoms with Gasteiger partial charge in [-0.3, -0.25) is 5.41 Å². The summed E-state index contributed by atoms with van der Waals surface area (Å²) in [5.41, 5.74) is 0.825. The summed E-state index contributed by atoms with van der Waals surface area (Å²) in [6, 6.07) is 8.65. The Kier molecular flexibility index (Phi) is 4.65. The lowest BCUT2D eigenvalue weighted by atomic mass is 10.00. The molecule has 0 fully saturated rings. The summed E-state index contributed by atoms with van der Waals surface area (Å²) in [6.45, 7) is 1.61. The van der Waals surface area contributed by atoms with Gasteiger partial charge in [-0.25, -0.2) is 8.78 Å². The first-order chi connectivity index (χ1) is 9.90. The number of anilines is 1. The van der Waals surface area contributed by atoms with Crippen molar-refractivity contribution in [2.24, 2.45) is 0 Å². The normalized spacial score (nSPS) is 10.3. The average molecular weight is 325 g/mol. The molecule has 0 aliphatic heterocycles. The van der Waals surface area contributed by atoms with Crippen LogP contribution in [0.4, 0.5) is 14.5 Å². The van der Waals surface area contributed by atoms with Gasteiger partial charge in [-0.15, -0.1) is 0 Å². The van der Waals surface area contributed by atoms with E-state index in [2.05, 4.69) is 5.32 Å². The standard InChI is InChI=1S/C15H11ClF2N2S/c1-8(21)20-14-7-13(18)12(17)6-10(14)15(19)9-4-2-3-5-11(9)16/h2-7,19H,1H3,(H,20,21). The molecule has 0 saturated heterocycles. The van der Waals surface area contributed by atoms with Crippen LogP contribution >= 0.6 is 23.8 Å². The van der Waals surface area contributed by atoms with Crippen molar-refractivity contribution in [3.05, 3.63) is 64.2 Å². The lowest BCUT2D eigenvalue weighted by Gasteiger charge is -2.14. The minimum atomic E-state index is -1.03. The molecule has 2 nitrogen and oxygen atoms in total. The number of rotatable bonds is 3. The Balaban J connectivity index is 2.57. The predicted molar refractivity (Wildman–Crippen MR) is 85.6 cm³/mol. The van der Waals surface area contributed by atoms with Crippen molar-refractivity contribution in [3.63, 3.8) is 0 Å². The third-order valence-corrected chi connectivity index (χ3v) is 3.22. The van der Waals surface area contributed by atoms with Crippen molar-refractivity contribution in [1.29, 1.82) is 5.41 Å². The lowest BCUT2D eigenvalue weighted by molar-refractivity contribution is 0.509. The Morgan fingerprint density at radius 1 is 1.14 bits per heavy atom. The number of halogens is 3. The molecule has 2 aromatic rings. The molecular weight excluding hydrogens is 314 g/mol. The zero-order valence-corrected chi connectivity index (χ0v) is 12.6. The fraction of sp³-hybridized carbons (Fsp3) is 0.0667. The monoisotopic (exact) mass is 324 g/mol.